The Morgan fingerprint density at radius 2 is 2.10 bits per heavy atom. The first-order valence-electron chi connectivity index (χ1n) is 6.64. The number of carbonyl (C=O) groups excluding carboxylic acids is 1. The molecule has 102 valence electrons. The summed E-state index contributed by atoms with van der Waals surface area (Å²) in [6.07, 6.45) is 2.58. The van der Waals surface area contributed by atoms with E-state index in [0.29, 0.717) is 12.4 Å². The van der Waals surface area contributed by atoms with Crippen molar-refractivity contribution in [2.75, 3.05) is 13.7 Å². The molecular formula is C16H16N2O2. The molecule has 0 spiro atoms. The van der Waals surface area contributed by atoms with Crippen LogP contribution in [0.25, 0.3) is 0 Å². The number of aromatic nitrogens is 1. The van der Waals surface area contributed by atoms with Crippen LogP contribution in [0, 0.1) is 0 Å². The van der Waals surface area contributed by atoms with E-state index in [2.05, 4.69) is 4.98 Å². The van der Waals surface area contributed by atoms with Crippen molar-refractivity contribution in [1.82, 2.24) is 9.88 Å². The topological polar surface area (TPSA) is 42.4 Å². The maximum Gasteiger partial charge on any atom is 0.254 e. The zero-order chi connectivity index (χ0) is 13.9. The number of carbonyl (C=O) groups is 1. The molecule has 1 aromatic heterocycles. The van der Waals surface area contributed by atoms with Crippen molar-refractivity contribution in [2.24, 2.45) is 0 Å². The van der Waals surface area contributed by atoms with Crippen LogP contribution in [0.3, 0.4) is 0 Å². The molecule has 3 rings (SSSR count). The third kappa shape index (κ3) is 2.25. The first kappa shape index (κ1) is 12.7. The fourth-order valence-electron chi connectivity index (χ4n) is 2.56. The van der Waals surface area contributed by atoms with E-state index in [9.17, 15) is 4.79 Å². The lowest BCUT2D eigenvalue weighted by Crippen LogP contribution is -2.37. The number of hydrogen-bond acceptors (Lipinski definition) is 3. The minimum absolute atomic E-state index is 0.0813. The van der Waals surface area contributed by atoms with Gasteiger partial charge in [-0.1, -0.05) is 24.3 Å². The number of ether oxygens (including phenoxy) is 1. The van der Waals surface area contributed by atoms with Gasteiger partial charge in [-0.3, -0.25) is 4.79 Å². The molecule has 4 nitrogen and oxygen atoms in total. The van der Waals surface area contributed by atoms with E-state index in [1.165, 1.54) is 0 Å². The van der Waals surface area contributed by atoms with E-state index < -0.39 is 0 Å². The highest BCUT2D eigenvalue weighted by Crippen LogP contribution is 2.22. The van der Waals surface area contributed by atoms with Crippen molar-refractivity contribution in [3.05, 3.63) is 59.3 Å². The van der Waals surface area contributed by atoms with Gasteiger partial charge in [0.05, 0.1) is 13.7 Å². The van der Waals surface area contributed by atoms with Gasteiger partial charge in [-0.2, -0.15) is 0 Å². The van der Waals surface area contributed by atoms with Crippen LogP contribution in [-0.2, 0) is 13.0 Å². The van der Waals surface area contributed by atoms with Gasteiger partial charge in [0.15, 0.2) is 0 Å². The molecule has 1 aliphatic rings. The molecule has 0 aliphatic carbocycles. The Balaban J connectivity index is 1.85. The zero-order valence-electron chi connectivity index (χ0n) is 11.4. The summed E-state index contributed by atoms with van der Waals surface area (Å²) in [4.78, 5) is 18.5. The summed E-state index contributed by atoms with van der Waals surface area (Å²) < 4.78 is 5.24. The Morgan fingerprint density at radius 1 is 1.25 bits per heavy atom. The zero-order valence-corrected chi connectivity index (χ0v) is 11.4. The molecule has 4 heteroatoms. The molecular weight excluding hydrogens is 252 g/mol. The van der Waals surface area contributed by atoms with Gasteiger partial charge in [0.2, 0.25) is 5.88 Å². The van der Waals surface area contributed by atoms with Crippen LogP contribution >= 0.6 is 0 Å². The number of nitrogens with zero attached hydrogens (tertiary/aromatic N) is 2. The Bertz CT molecular complexity index is 640. The van der Waals surface area contributed by atoms with Gasteiger partial charge in [-0.25, -0.2) is 4.98 Å². The lowest BCUT2D eigenvalue weighted by molar-refractivity contribution is 0.0725. The van der Waals surface area contributed by atoms with Crippen molar-refractivity contribution in [3.8, 4) is 5.88 Å². The number of rotatable bonds is 3. The molecule has 0 saturated carbocycles. The van der Waals surface area contributed by atoms with Gasteiger partial charge in [0.25, 0.3) is 5.91 Å². The van der Waals surface area contributed by atoms with Gasteiger partial charge in [-0.05, 0) is 24.1 Å². The second-order valence-electron chi connectivity index (χ2n) is 4.81. The van der Waals surface area contributed by atoms with E-state index in [1.807, 2.05) is 41.3 Å². The highest BCUT2D eigenvalue weighted by atomic mass is 16.5. The van der Waals surface area contributed by atoms with E-state index in [1.54, 1.807) is 13.3 Å². The molecule has 1 aliphatic heterocycles. The van der Waals surface area contributed by atoms with Crippen LogP contribution in [0.15, 0.2) is 42.6 Å². The second-order valence-corrected chi connectivity index (χ2v) is 4.81. The summed E-state index contributed by atoms with van der Waals surface area (Å²) in [7, 11) is 1.60. The normalized spacial score (nSPS) is 14.1. The van der Waals surface area contributed by atoms with Crippen molar-refractivity contribution in [3.63, 3.8) is 0 Å². The van der Waals surface area contributed by atoms with E-state index in [0.717, 1.165) is 29.7 Å². The van der Waals surface area contributed by atoms with Crippen molar-refractivity contribution in [1.29, 1.82) is 0 Å². The molecule has 0 atom stereocenters. The number of methoxy groups -OCH3 is 1. The van der Waals surface area contributed by atoms with Gasteiger partial charge < -0.3 is 9.64 Å². The van der Waals surface area contributed by atoms with Crippen LogP contribution in [0.2, 0.25) is 0 Å². The van der Waals surface area contributed by atoms with E-state index in [-0.39, 0.29) is 5.91 Å². The summed E-state index contributed by atoms with van der Waals surface area (Å²) in [6, 6.07) is 11.6. The largest absolute Gasteiger partial charge is 0.481 e. The molecule has 0 unspecified atom stereocenters. The standard InChI is InChI=1S/C16H16N2O2/c1-20-15-13(6-4-9-17-15)11-18-10-8-12-5-2-3-7-14(12)16(18)19/h2-7,9H,8,10-11H2,1H3. The van der Waals surface area contributed by atoms with Crippen LogP contribution in [0.5, 0.6) is 5.88 Å². The summed E-state index contributed by atoms with van der Waals surface area (Å²) in [5.74, 6) is 0.664. The molecule has 20 heavy (non-hydrogen) atoms. The van der Waals surface area contributed by atoms with Crippen molar-refractivity contribution in [2.45, 2.75) is 13.0 Å². The fraction of sp³-hybridized carbons (Fsp3) is 0.250. The van der Waals surface area contributed by atoms with Gasteiger partial charge in [0, 0.05) is 23.9 Å². The molecule has 1 amide bonds. The Morgan fingerprint density at radius 3 is 2.95 bits per heavy atom. The average molecular weight is 268 g/mol. The van der Waals surface area contributed by atoms with Gasteiger partial charge in [0.1, 0.15) is 0 Å². The minimum atomic E-state index is 0.0813. The van der Waals surface area contributed by atoms with Gasteiger partial charge >= 0.3 is 0 Å². The molecule has 2 heterocycles. The second kappa shape index (κ2) is 5.33. The molecule has 0 N–H and O–H groups in total. The molecule has 0 bridgehead atoms. The smallest absolute Gasteiger partial charge is 0.254 e. The van der Waals surface area contributed by atoms with E-state index in [4.69, 9.17) is 4.74 Å². The summed E-state index contributed by atoms with van der Waals surface area (Å²) >= 11 is 0. The maximum absolute atomic E-state index is 12.5. The summed E-state index contributed by atoms with van der Waals surface area (Å²) in [6.45, 7) is 1.26. The number of fused-ring (bicyclic) bond motifs is 1. The third-order valence-corrected chi connectivity index (χ3v) is 3.59. The van der Waals surface area contributed by atoms with Gasteiger partial charge in [-0.15, -0.1) is 0 Å². The Labute approximate surface area is 118 Å². The monoisotopic (exact) mass is 268 g/mol. The van der Waals surface area contributed by atoms with Crippen molar-refractivity contribution >= 4 is 5.91 Å². The lowest BCUT2D eigenvalue weighted by atomic mass is 9.99. The van der Waals surface area contributed by atoms with Crippen LogP contribution in [0.4, 0.5) is 0 Å². The quantitative estimate of drug-likeness (QED) is 0.857. The highest BCUT2D eigenvalue weighted by Gasteiger charge is 2.24. The summed E-state index contributed by atoms with van der Waals surface area (Å²) in [5, 5.41) is 0. The van der Waals surface area contributed by atoms with Crippen LogP contribution in [-0.4, -0.2) is 29.4 Å². The Kier molecular flexibility index (Phi) is 3.37. The maximum atomic E-state index is 12.5. The van der Waals surface area contributed by atoms with Crippen LogP contribution < -0.4 is 4.74 Å². The first-order valence-corrected chi connectivity index (χ1v) is 6.64. The molecule has 0 saturated heterocycles. The molecule has 2 aromatic rings. The predicted octanol–water partition coefficient (Wildman–Crippen LogP) is 2.29. The summed E-state index contributed by atoms with van der Waals surface area (Å²) in [5.41, 5.74) is 2.87. The minimum Gasteiger partial charge on any atom is -0.481 e. The molecule has 1 aromatic carbocycles. The van der Waals surface area contributed by atoms with E-state index >= 15 is 0 Å². The first-order chi connectivity index (χ1) is 9.79. The third-order valence-electron chi connectivity index (χ3n) is 3.59. The number of pyridine rings is 1. The number of amides is 1. The molecule has 0 radical (unpaired) electrons. The fourth-order valence-corrected chi connectivity index (χ4v) is 2.56. The lowest BCUT2D eigenvalue weighted by Gasteiger charge is -2.28. The SMILES string of the molecule is COc1ncccc1CN1CCc2ccccc2C1=O. The number of benzene rings is 1. The Hall–Kier alpha value is -2.36. The molecule has 0 fully saturated rings. The highest BCUT2D eigenvalue weighted by molar-refractivity contribution is 5.96. The van der Waals surface area contributed by atoms with Crippen LogP contribution in [0.1, 0.15) is 21.5 Å². The number of hydrogen-bond donors (Lipinski definition) is 0. The van der Waals surface area contributed by atoms with Crippen molar-refractivity contribution < 1.29 is 9.53 Å². The average Bonchev–Trinajstić information content (AvgIpc) is 2.51. The predicted molar refractivity (Wildman–Crippen MR) is 75.7 cm³/mol.